The summed E-state index contributed by atoms with van der Waals surface area (Å²) in [6, 6.07) is 13.5. The Morgan fingerprint density at radius 1 is 1.00 bits per heavy atom. The molecule has 0 aliphatic carbocycles. The molecule has 1 saturated heterocycles. The fourth-order valence-corrected chi connectivity index (χ4v) is 4.99. The highest BCUT2D eigenvalue weighted by Crippen LogP contribution is 2.27. The van der Waals surface area contributed by atoms with Crippen LogP contribution in [-0.2, 0) is 14.8 Å². The third-order valence-electron chi connectivity index (χ3n) is 5.22. The molecule has 1 atom stereocenters. The maximum Gasteiger partial charge on any atom is 0.243 e. The van der Waals surface area contributed by atoms with E-state index in [1.54, 1.807) is 43.3 Å². The van der Waals surface area contributed by atoms with Crippen molar-refractivity contribution < 1.29 is 22.7 Å². The second kappa shape index (κ2) is 8.84. The van der Waals surface area contributed by atoms with Crippen molar-refractivity contribution in [2.75, 3.05) is 39.3 Å². The van der Waals surface area contributed by atoms with Gasteiger partial charge in [-0.1, -0.05) is 0 Å². The standard InChI is InChI=1S/C21H26N2O5S/c1-22(17-6-8-18(27-2)9-7-17)21(24)16-5-4-14-23(15-16)29(25,26)20-12-10-19(28-3)11-13-20/h6-13,16H,4-5,14-15H2,1-3H3/t16-/m1/s1. The quantitative estimate of drug-likeness (QED) is 0.721. The lowest BCUT2D eigenvalue weighted by Gasteiger charge is -2.33. The van der Waals surface area contributed by atoms with Gasteiger partial charge in [-0.05, 0) is 61.4 Å². The van der Waals surface area contributed by atoms with E-state index >= 15 is 0 Å². The molecule has 0 radical (unpaired) electrons. The molecule has 0 saturated carbocycles. The van der Waals surface area contributed by atoms with Gasteiger partial charge in [0.2, 0.25) is 15.9 Å². The van der Waals surface area contributed by atoms with E-state index in [0.717, 1.165) is 5.69 Å². The van der Waals surface area contributed by atoms with Gasteiger partial charge in [0.25, 0.3) is 0 Å². The van der Waals surface area contributed by atoms with E-state index in [1.807, 2.05) is 12.1 Å². The molecule has 0 unspecified atom stereocenters. The Bertz CT molecular complexity index is 942. The highest BCUT2D eigenvalue weighted by atomic mass is 32.2. The monoisotopic (exact) mass is 418 g/mol. The van der Waals surface area contributed by atoms with E-state index in [0.29, 0.717) is 30.9 Å². The van der Waals surface area contributed by atoms with Crippen LogP contribution in [0.5, 0.6) is 11.5 Å². The van der Waals surface area contributed by atoms with E-state index in [1.165, 1.54) is 23.5 Å². The Labute approximate surface area is 171 Å². The average Bonchev–Trinajstić information content (AvgIpc) is 2.78. The van der Waals surface area contributed by atoms with Gasteiger partial charge in [0, 0.05) is 25.8 Å². The fraction of sp³-hybridized carbons (Fsp3) is 0.381. The Kier molecular flexibility index (Phi) is 6.44. The van der Waals surface area contributed by atoms with Crippen molar-refractivity contribution in [3.63, 3.8) is 0 Å². The summed E-state index contributed by atoms with van der Waals surface area (Å²) in [5.41, 5.74) is 0.742. The molecule has 1 amide bonds. The summed E-state index contributed by atoms with van der Waals surface area (Å²) >= 11 is 0. The number of hydrogen-bond acceptors (Lipinski definition) is 5. The Balaban J connectivity index is 1.73. The van der Waals surface area contributed by atoms with Crippen LogP contribution < -0.4 is 14.4 Å². The Morgan fingerprint density at radius 2 is 1.55 bits per heavy atom. The molecule has 0 bridgehead atoms. The molecular weight excluding hydrogens is 392 g/mol. The molecule has 0 N–H and O–H groups in total. The van der Waals surface area contributed by atoms with Crippen molar-refractivity contribution in [2.24, 2.45) is 5.92 Å². The molecular formula is C21H26N2O5S. The predicted molar refractivity (Wildman–Crippen MR) is 111 cm³/mol. The highest BCUT2D eigenvalue weighted by Gasteiger charge is 2.34. The Morgan fingerprint density at radius 3 is 2.10 bits per heavy atom. The van der Waals surface area contributed by atoms with Gasteiger partial charge in [-0.3, -0.25) is 4.79 Å². The topological polar surface area (TPSA) is 76.2 Å². The largest absolute Gasteiger partial charge is 0.497 e. The van der Waals surface area contributed by atoms with Gasteiger partial charge in [-0.25, -0.2) is 8.42 Å². The number of methoxy groups -OCH3 is 2. The van der Waals surface area contributed by atoms with Crippen molar-refractivity contribution in [1.82, 2.24) is 4.31 Å². The van der Waals surface area contributed by atoms with Gasteiger partial charge in [-0.2, -0.15) is 4.31 Å². The number of benzene rings is 2. The summed E-state index contributed by atoms with van der Waals surface area (Å²) in [6.45, 7) is 0.581. The van der Waals surface area contributed by atoms with Gasteiger partial charge >= 0.3 is 0 Å². The van der Waals surface area contributed by atoms with Gasteiger partial charge in [-0.15, -0.1) is 0 Å². The Hall–Kier alpha value is -2.58. The lowest BCUT2D eigenvalue weighted by Crippen LogP contribution is -2.45. The van der Waals surface area contributed by atoms with Gasteiger partial charge in [0.1, 0.15) is 11.5 Å². The minimum Gasteiger partial charge on any atom is -0.497 e. The summed E-state index contributed by atoms with van der Waals surface area (Å²) in [4.78, 5) is 14.8. The zero-order valence-corrected chi connectivity index (χ0v) is 17.7. The van der Waals surface area contributed by atoms with Crippen LogP contribution in [0.15, 0.2) is 53.4 Å². The predicted octanol–water partition coefficient (Wildman–Crippen LogP) is 2.77. The fourth-order valence-electron chi connectivity index (χ4n) is 3.47. The van der Waals surface area contributed by atoms with Crippen molar-refractivity contribution in [2.45, 2.75) is 17.7 Å². The van der Waals surface area contributed by atoms with Gasteiger partial charge in [0.05, 0.1) is 25.0 Å². The number of amides is 1. The normalized spacial score (nSPS) is 17.6. The molecule has 3 rings (SSSR count). The zero-order chi connectivity index (χ0) is 21.0. The first-order valence-electron chi connectivity index (χ1n) is 9.42. The van der Waals surface area contributed by atoms with Crippen LogP contribution in [-0.4, -0.2) is 53.0 Å². The van der Waals surface area contributed by atoms with Crippen LogP contribution in [0.25, 0.3) is 0 Å². The van der Waals surface area contributed by atoms with Crippen LogP contribution >= 0.6 is 0 Å². The number of carbonyl (C=O) groups excluding carboxylic acids is 1. The minimum atomic E-state index is -3.66. The maximum atomic E-state index is 13.0. The molecule has 2 aromatic carbocycles. The van der Waals surface area contributed by atoms with Crippen molar-refractivity contribution >= 4 is 21.6 Å². The van der Waals surface area contributed by atoms with Crippen molar-refractivity contribution in [3.05, 3.63) is 48.5 Å². The summed E-state index contributed by atoms with van der Waals surface area (Å²) < 4.78 is 37.7. The van der Waals surface area contributed by atoms with E-state index in [-0.39, 0.29) is 23.3 Å². The number of nitrogens with zero attached hydrogens (tertiary/aromatic N) is 2. The minimum absolute atomic E-state index is 0.0928. The van der Waals surface area contributed by atoms with Gasteiger partial charge in [0.15, 0.2) is 0 Å². The van der Waals surface area contributed by atoms with E-state index in [2.05, 4.69) is 0 Å². The number of piperidine rings is 1. The van der Waals surface area contributed by atoms with Gasteiger partial charge < -0.3 is 14.4 Å². The van der Waals surface area contributed by atoms with E-state index < -0.39 is 10.0 Å². The number of anilines is 1. The van der Waals surface area contributed by atoms with Crippen LogP contribution in [0.1, 0.15) is 12.8 Å². The zero-order valence-electron chi connectivity index (χ0n) is 16.9. The maximum absolute atomic E-state index is 13.0. The first-order chi connectivity index (χ1) is 13.9. The summed E-state index contributed by atoms with van der Waals surface area (Å²) in [5, 5.41) is 0. The SMILES string of the molecule is COc1ccc(N(C)C(=O)[C@@H]2CCCN(S(=O)(=O)c3ccc(OC)cc3)C2)cc1. The van der Waals surface area contributed by atoms with Crippen LogP contribution in [0.2, 0.25) is 0 Å². The summed E-state index contributed by atoms with van der Waals surface area (Å²) in [5.74, 6) is 0.828. The smallest absolute Gasteiger partial charge is 0.243 e. The van der Waals surface area contributed by atoms with Crippen LogP contribution in [0.3, 0.4) is 0 Å². The molecule has 1 aliphatic rings. The highest BCUT2D eigenvalue weighted by molar-refractivity contribution is 7.89. The molecule has 1 aliphatic heterocycles. The first-order valence-corrected chi connectivity index (χ1v) is 10.9. The lowest BCUT2D eigenvalue weighted by atomic mass is 9.98. The number of hydrogen-bond donors (Lipinski definition) is 0. The first kappa shape index (κ1) is 21.1. The summed E-state index contributed by atoms with van der Waals surface area (Å²) in [6.07, 6.45) is 1.30. The second-order valence-electron chi connectivity index (χ2n) is 6.97. The molecule has 0 spiro atoms. The molecule has 7 nitrogen and oxygen atoms in total. The number of rotatable bonds is 6. The van der Waals surface area contributed by atoms with E-state index in [9.17, 15) is 13.2 Å². The third kappa shape index (κ3) is 4.54. The summed E-state index contributed by atoms with van der Waals surface area (Å²) in [7, 11) is 1.17. The molecule has 1 heterocycles. The van der Waals surface area contributed by atoms with Crippen LogP contribution in [0, 0.1) is 5.92 Å². The third-order valence-corrected chi connectivity index (χ3v) is 7.10. The van der Waals surface area contributed by atoms with Crippen LogP contribution in [0.4, 0.5) is 5.69 Å². The molecule has 0 aromatic heterocycles. The van der Waals surface area contributed by atoms with Crippen molar-refractivity contribution in [3.8, 4) is 11.5 Å². The average molecular weight is 419 g/mol. The molecule has 2 aromatic rings. The number of ether oxygens (including phenoxy) is 2. The second-order valence-corrected chi connectivity index (χ2v) is 8.91. The number of sulfonamides is 1. The molecule has 8 heteroatoms. The van der Waals surface area contributed by atoms with E-state index in [4.69, 9.17) is 9.47 Å². The molecule has 1 fully saturated rings. The lowest BCUT2D eigenvalue weighted by molar-refractivity contribution is -0.123. The molecule has 29 heavy (non-hydrogen) atoms. The van der Waals surface area contributed by atoms with Crippen molar-refractivity contribution in [1.29, 1.82) is 0 Å². The number of carbonyl (C=O) groups is 1. The molecule has 156 valence electrons.